The number of halogens is 1. The Kier molecular flexibility index (Phi) is 5.48. The summed E-state index contributed by atoms with van der Waals surface area (Å²) in [6, 6.07) is 10.5. The van der Waals surface area contributed by atoms with Gasteiger partial charge in [-0.3, -0.25) is 0 Å². The molecule has 1 heterocycles. The van der Waals surface area contributed by atoms with Crippen molar-refractivity contribution in [2.24, 2.45) is 5.14 Å². The van der Waals surface area contributed by atoms with E-state index >= 15 is 0 Å². The third kappa shape index (κ3) is 3.67. The van der Waals surface area contributed by atoms with E-state index in [0.717, 1.165) is 45.5 Å². The smallest absolute Gasteiger partial charge is 0.346 e. The van der Waals surface area contributed by atoms with Crippen LogP contribution in [0.4, 0.5) is 0 Å². The first kappa shape index (κ1) is 21.1. The Morgan fingerprint density at radius 3 is 2.30 bits per heavy atom. The van der Waals surface area contributed by atoms with Gasteiger partial charge in [0.05, 0.1) is 4.90 Å². The first-order valence-corrected chi connectivity index (χ1v) is 12.2. The summed E-state index contributed by atoms with van der Waals surface area (Å²) in [5, 5.41) is 16.0. The Labute approximate surface area is 184 Å². The van der Waals surface area contributed by atoms with Crippen LogP contribution in [0.15, 0.2) is 41.3 Å². The number of hydrogen-bond donors (Lipinski definition) is 2. The zero-order valence-corrected chi connectivity index (χ0v) is 18.6. The lowest BCUT2D eigenvalue weighted by molar-refractivity contribution is 0.0703. The fourth-order valence-electron chi connectivity index (χ4n) is 4.20. The number of rotatable bonds is 4. The van der Waals surface area contributed by atoms with Crippen molar-refractivity contribution in [1.82, 2.24) is 0 Å². The average molecular weight is 462 g/mol. The lowest BCUT2D eigenvalue weighted by Crippen LogP contribution is -2.18. The van der Waals surface area contributed by atoms with E-state index < -0.39 is 16.0 Å². The van der Waals surface area contributed by atoms with Crippen LogP contribution in [0.1, 0.15) is 39.2 Å². The lowest BCUT2D eigenvalue weighted by Gasteiger charge is -2.22. The summed E-state index contributed by atoms with van der Waals surface area (Å²) in [5.74, 6) is -1.00. The highest BCUT2D eigenvalue weighted by Crippen LogP contribution is 2.45. The first-order valence-electron chi connectivity index (χ1n) is 9.49. The third-order valence-corrected chi connectivity index (χ3v) is 8.09. The monoisotopic (exact) mass is 461 g/mol. The highest BCUT2D eigenvalue weighted by molar-refractivity contribution is 7.89. The molecule has 1 aliphatic rings. The number of sulfonamides is 1. The molecule has 1 aliphatic carbocycles. The largest absolute Gasteiger partial charge is 0.477 e. The van der Waals surface area contributed by atoms with Crippen molar-refractivity contribution in [3.8, 4) is 21.6 Å². The molecule has 5 nitrogen and oxygen atoms in total. The van der Waals surface area contributed by atoms with Crippen LogP contribution in [0.3, 0.4) is 0 Å². The van der Waals surface area contributed by atoms with E-state index in [2.05, 4.69) is 0 Å². The number of carbonyl (C=O) groups is 1. The second kappa shape index (κ2) is 7.81. The molecule has 0 aliphatic heterocycles. The van der Waals surface area contributed by atoms with Crippen LogP contribution in [0.2, 0.25) is 5.02 Å². The number of fused-ring (bicyclic) bond motifs is 1. The topological polar surface area (TPSA) is 97.5 Å². The van der Waals surface area contributed by atoms with Gasteiger partial charge in [0.15, 0.2) is 0 Å². The zero-order valence-electron chi connectivity index (χ0n) is 16.2. The maximum absolute atomic E-state index is 12.1. The first-order chi connectivity index (χ1) is 14.2. The summed E-state index contributed by atoms with van der Waals surface area (Å²) in [4.78, 5) is 13.4. The molecule has 0 bridgehead atoms. The molecular weight excluding hydrogens is 442 g/mol. The van der Waals surface area contributed by atoms with Crippen LogP contribution in [-0.4, -0.2) is 19.5 Å². The number of aromatic carboxylic acids is 1. The van der Waals surface area contributed by atoms with Crippen LogP contribution in [0, 0.1) is 6.92 Å². The van der Waals surface area contributed by atoms with Crippen LogP contribution in [0.25, 0.3) is 21.6 Å². The third-order valence-electron chi connectivity index (χ3n) is 5.52. The molecule has 2 aromatic carbocycles. The molecule has 0 amide bonds. The maximum Gasteiger partial charge on any atom is 0.346 e. The molecule has 0 radical (unpaired) electrons. The predicted octanol–water partition coefficient (Wildman–Crippen LogP) is 5.27. The van der Waals surface area contributed by atoms with Crippen molar-refractivity contribution in [2.75, 3.05) is 0 Å². The summed E-state index contributed by atoms with van der Waals surface area (Å²) in [6.07, 6.45) is 3.11. The molecule has 3 aromatic rings. The number of primary sulfonamides is 1. The Morgan fingerprint density at radius 2 is 1.70 bits per heavy atom. The van der Waals surface area contributed by atoms with E-state index in [1.165, 1.54) is 17.4 Å². The van der Waals surface area contributed by atoms with Gasteiger partial charge >= 0.3 is 5.97 Å². The van der Waals surface area contributed by atoms with E-state index in [-0.39, 0.29) is 9.77 Å². The number of carboxylic acids is 1. The van der Waals surface area contributed by atoms with Gasteiger partial charge in [0.2, 0.25) is 10.0 Å². The Bertz CT molecular complexity index is 1260. The molecule has 3 N–H and O–H groups in total. The van der Waals surface area contributed by atoms with Crippen LogP contribution in [-0.2, 0) is 22.9 Å². The Balaban J connectivity index is 1.99. The van der Waals surface area contributed by atoms with Crippen molar-refractivity contribution in [2.45, 2.75) is 37.5 Å². The minimum Gasteiger partial charge on any atom is -0.477 e. The second-order valence-corrected chi connectivity index (χ2v) is 10.4. The number of thiophene rings is 1. The van der Waals surface area contributed by atoms with Gasteiger partial charge in [-0.1, -0.05) is 29.8 Å². The molecular formula is C22H20ClNO4S2. The zero-order chi connectivity index (χ0) is 21.6. The van der Waals surface area contributed by atoms with Gasteiger partial charge < -0.3 is 5.11 Å². The van der Waals surface area contributed by atoms with Crippen molar-refractivity contribution in [3.05, 3.63) is 63.0 Å². The van der Waals surface area contributed by atoms with Crippen molar-refractivity contribution < 1.29 is 18.3 Å². The van der Waals surface area contributed by atoms with Crippen LogP contribution < -0.4 is 5.14 Å². The SMILES string of the molecule is Cc1c(-c2ccc(Cl)cc2)sc(C(=O)O)c1-c1ccc(S(N)(=O)=O)c2c1CCCC2. The minimum atomic E-state index is -3.85. The predicted molar refractivity (Wildman–Crippen MR) is 120 cm³/mol. The van der Waals surface area contributed by atoms with Crippen LogP contribution >= 0.6 is 22.9 Å². The fraction of sp³-hybridized carbons (Fsp3) is 0.227. The molecule has 8 heteroatoms. The highest BCUT2D eigenvalue weighted by atomic mass is 35.5. The van der Waals surface area contributed by atoms with E-state index in [4.69, 9.17) is 16.7 Å². The highest BCUT2D eigenvalue weighted by Gasteiger charge is 2.28. The maximum atomic E-state index is 12.1. The van der Waals surface area contributed by atoms with Crippen LogP contribution in [0.5, 0.6) is 0 Å². The van der Waals surface area contributed by atoms with E-state index in [0.29, 0.717) is 23.4 Å². The van der Waals surface area contributed by atoms with Crippen molar-refractivity contribution in [3.63, 3.8) is 0 Å². The molecule has 0 spiro atoms. The second-order valence-electron chi connectivity index (χ2n) is 7.39. The van der Waals surface area contributed by atoms with E-state index in [9.17, 15) is 18.3 Å². The minimum absolute atomic E-state index is 0.142. The molecule has 30 heavy (non-hydrogen) atoms. The number of benzene rings is 2. The average Bonchev–Trinajstić information content (AvgIpc) is 3.04. The van der Waals surface area contributed by atoms with Gasteiger partial charge in [-0.05, 0) is 78.6 Å². The van der Waals surface area contributed by atoms with Crippen molar-refractivity contribution >= 4 is 38.9 Å². The van der Waals surface area contributed by atoms with Gasteiger partial charge in [0, 0.05) is 15.5 Å². The summed E-state index contributed by atoms with van der Waals surface area (Å²) >= 11 is 7.23. The molecule has 1 aromatic heterocycles. The number of carboxylic acid groups (broad SMARTS) is 1. The molecule has 0 atom stereocenters. The van der Waals surface area contributed by atoms with Gasteiger partial charge in [-0.15, -0.1) is 11.3 Å². The Morgan fingerprint density at radius 1 is 1.07 bits per heavy atom. The summed E-state index contributed by atoms with van der Waals surface area (Å²) < 4.78 is 24.2. The molecule has 0 unspecified atom stereocenters. The van der Waals surface area contributed by atoms with E-state index in [1.807, 2.05) is 19.1 Å². The molecule has 4 rings (SSSR count). The fourth-order valence-corrected chi connectivity index (χ4v) is 6.32. The number of nitrogens with two attached hydrogens (primary N) is 1. The Hall–Kier alpha value is -2.19. The van der Waals surface area contributed by atoms with Crippen molar-refractivity contribution in [1.29, 1.82) is 0 Å². The quantitative estimate of drug-likeness (QED) is 0.553. The van der Waals surface area contributed by atoms with Gasteiger partial charge in [0.1, 0.15) is 4.88 Å². The normalized spacial score (nSPS) is 13.8. The molecule has 0 saturated heterocycles. The summed E-state index contributed by atoms with van der Waals surface area (Å²) in [6.45, 7) is 1.91. The molecule has 156 valence electrons. The summed E-state index contributed by atoms with van der Waals surface area (Å²) in [7, 11) is -3.85. The van der Waals surface area contributed by atoms with Gasteiger partial charge in [-0.2, -0.15) is 0 Å². The van der Waals surface area contributed by atoms with Gasteiger partial charge in [0.25, 0.3) is 0 Å². The standard InChI is InChI=1S/C22H20ClNO4S2/c1-12-19(21(22(25)26)29-20(12)13-6-8-14(23)9-7-13)17-10-11-18(30(24,27)28)16-5-3-2-4-15(16)17/h6-11H,2-5H2,1H3,(H,25,26)(H2,24,27,28). The molecule has 0 fully saturated rings. The van der Waals surface area contributed by atoms with Gasteiger partial charge in [-0.25, -0.2) is 18.4 Å². The lowest BCUT2D eigenvalue weighted by atomic mass is 9.84. The summed E-state index contributed by atoms with van der Waals surface area (Å²) in [5.41, 5.74) is 4.79. The van der Waals surface area contributed by atoms with E-state index in [1.54, 1.807) is 18.2 Å². The molecule has 0 saturated carbocycles. The number of hydrogen-bond acceptors (Lipinski definition) is 4.